The molecule has 2 heteroatoms. The van der Waals surface area contributed by atoms with Gasteiger partial charge in [0.05, 0.1) is 0 Å². The van der Waals surface area contributed by atoms with Crippen molar-refractivity contribution in [2.24, 2.45) is 17.1 Å². The van der Waals surface area contributed by atoms with Gasteiger partial charge in [0.2, 0.25) is 0 Å². The van der Waals surface area contributed by atoms with Gasteiger partial charge in [0, 0.05) is 18.1 Å². The molecule has 0 aromatic rings. The highest BCUT2D eigenvalue weighted by atomic mass is 15.0. The molecule has 0 aromatic carbocycles. The summed E-state index contributed by atoms with van der Waals surface area (Å²) in [5.41, 5.74) is 6.53. The highest BCUT2D eigenvalue weighted by Crippen LogP contribution is 2.38. The fraction of sp³-hybridized carbons (Fsp3) is 1.00. The van der Waals surface area contributed by atoms with Gasteiger partial charge in [0.1, 0.15) is 0 Å². The van der Waals surface area contributed by atoms with E-state index >= 15 is 0 Å². The van der Waals surface area contributed by atoms with E-state index < -0.39 is 0 Å². The van der Waals surface area contributed by atoms with Crippen LogP contribution in [0, 0.1) is 11.3 Å². The van der Waals surface area contributed by atoms with Gasteiger partial charge in [-0.15, -0.1) is 0 Å². The molecule has 0 bridgehead atoms. The van der Waals surface area contributed by atoms with Gasteiger partial charge < -0.3 is 11.1 Å². The standard InChI is InChI=1S/C15H30N2/c1-11-10-15(2,3)9-8-14(11)17-13-6-4-12(16)5-7-13/h11-14,17H,4-10,16H2,1-3H3. The molecule has 0 radical (unpaired) electrons. The van der Waals surface area contributed by atoms with E-state index in [0.29, 0.717) is 11.5 Å². The molecular formula is C15H30N2. The predicted molar refractivity (Wildman–Crippen MR) is 74.0 cm³/mol. The van der Waals surface area contributed by atoms with Crippen molar-refractivity contribution in [1.82, 2.24) is 5.32 Å². The molecule has 0 saturated heterocycles. The van der Waals surface area contributed by atoms with Crippen molar-refractivity contribution in [1.29, 1.82) is 0 Å². The molecular weight excluding hydrogens is 208 g/mol. The molecule has 0 heterocycles. The van der Waals surface area contributed by atoms with Crippen molar-refractivity contribution in [2.75, 3.05) is 0 Å². The summed E-state index contributed by atoms with van der Waals surface area (Å²) >= 11 is 0. The van der Waals surface area contributed by atoms with Crippen LogP contribution >= 0.6 is 0 Å². The highest BCUT2D eigenvalue weighted by molar-refractivity contribution is 4.90. The average Bonchev–Trinajstić information content (AvgIpc) is 2.24. The van der Waals surface area contributed by atoms with Crippen LogP contribution in [0.3, 0.4) is 0 Å². The Morgan fingerprint density at radius 1 is 1.06 bits per heavy atom. The molecule has 0 aromatic heterocycles. The summed E-state index contributed by atoms with van der Waals surface area (Å²) in [5.74, 6) is 0.828. The van der Waals surface area contributed by atoms with Crippen LogP contribution in [0.2, 0.25) is 0 Å². The van der Waals surface area contributed by atoms with E-state index in [2.05, 4.69) is 26.1 Å². The zero-order valence-corrected chi connectivity index (χ0v) is 11.8. The molecule has 17 heavy (non-hydrogen) atoms. The first kappa shape index (κ1) is 13.4. The lowest BCUT2D eigenvalue weighted by molar-refractivity contribution is 0.134. The van der Waals surface area contributed by atoms with Crippen LogP contribution in [0.1, 0.15) is 65.7 Å². The Morgan fingerprint density at radius 2 is 1.71 bits per heavy atom. The Bertz CT molecular complexity index is 241. The molecule has 2 aliphatic rings. The molecule has 0 aliphatic heterocycles. The van der Waals surface area contributed by atoms with E-state index in [1.54, 1.807) is 0 Å². The number of nitrogens with one attached hydrogen (secondary N) is 1. The number of hydrogen-bond acceptors (Lipinski definition) is 2. The predicted octanol–water partition coefficient (Wildman–Crippen LogP) is 3.06. The molecule has 0 spiro atoms. The van der Waals surface area contributed by atoms with Crippen LogP contribution in [0.5, 0.6) is 0 Å². The van der Waals surface area contributed by atoms with Gasteiger partial charge in [-0.05, 0) is 56.3 Å². The van der Waals surface area contributed by atoms with Gasteiger partial charge in [-0.2, -0.15) is 0 Å². The number of hydrogen-bond donors (Lipinski definition) is 2. The van der Waals surface area contributed by atoms with Crippen LogP contribution in [0.25, 0.3) is 0 Å². The van der Waals surface area contributed by atoms with E-state index in [-0.39, 0.29) is 0 Å². The topological polar surface area (TPSA) is 38.0 Å². The average molecular weight is 238 g/mol. The maximum Gasteiger partial charge on any atom is 0.00956 e. The summed E-state index contributed by atoms with van der Waals surface area (Å²) in [7, 11) is 0. The second kappa shape index (κ2) is 5.27. The monoisotopic (exact) mass is 238 g/mol. The fourth-order valence-electron chi connectivity index (χ4n) is 3.78. The largest absolute Gasteiger partial charge is 0.328 e. The van der Waals surface area contributed by atoms with Gasteiger partial charge >= 0.3 is 0 Å². The van der Waals surface area contributed by atoms with Gasteiger partial charge in [-0.3, -0.25) is 0 Å². The molecule has 2 rings (SSSR count). The van der Waals surface area contributed by atoms with Gasteiger partial charge in [-0.25, -0.2) is 0 Å². The highest BCUT2D eigenvalue weighted by Gasteiger charge is 2.33. The summed E-state index contributed by atoms with van der Waals surface area (Å²) in [6.07, 6.45) is 9.10. The zero-order valence-electron chi connectivity index (χ0n) is 11.8. The molecule has 2 unspecified atom stereocenters. The Hall–Kier alpha value is -0.0800. The van der Waals surface area contributed by atoms with E-state index in [1.165, 1.54) is 44.9 Å². The molecule has 100 valence electrons. The zero-order chi connectivity index (χ0) is 12.5. The Balaban J connectivity index is 1.79. The normalized spacial score (nSPS) is 42.4. The molecule has 2 aliphatic carbocycles. The summed E-state index contributed by atoms with van der Waals surface area (Å²) in [6, 6.07) is 1.96. The van der Waals surface area contributed by atoms with Crippen molar-refractivity contribution in [3.05, 3.63) is 0 Å². The lowest BCUT2D eigenvalue weighted by atomic mass is 9.70. The Kier molecular flexibility index (Phi) is 4.14. The fourth-order valence-corrected chi connectivity index (χ4v) is 3.78. The summed E-state index contributed by atoms with van der Waals surface area (Å²) in [5, 5.41) is 3.91. The first-order valence-corrected chi connectivity index (χ1v) is 7.48. The first-order valence-electron chi connectivity index (χ1n) is 7.48. The summed E-state index contributed by atoms with van der Waals surface area (Å²) in [6.45, 7) is 7.26. The lowest BCUT2D eigenvalue weighted by Crippen LogP contribution is -2.48. The van der Waals surface area contributed by atoms with Crippen molar-refractivity contribution in [3.8, 4) is 0 Å². The van der Waals surface area contributed by atoms with Crippen molar-refractivity contribution >= 4 is 0 Å². The second-order valence-corrected chi connectivity index (χ2v) is 7.27. The smallest absolute Gasteiger partial charge is 0.00956 e. The van der Waals surface area contributed by atoms with Crippen molar-refractivity contribution < 1.29 is 0 Å². The second-order valence-electron chi connectivity index (χ2n) is 7.27. The molecule has 2 saturated carbocycles. The van der Waals surface area contributed by atoms with Crippen LogP contribution < -0.4 is 11.1 Å². The van der Waals surface area contributed by atoms with E-state index in [0.717, 1.165) is 18.0 Å². The van der Waals surface area contributed by atoms with Crippen molar-refractivity contribution in [2.45, 2.75) is 83.8 Å². The lowest BCUT2D eigenvalue weighted by Gasteiger charge is -2.42. The van der Waals surface area contributed by atoms with Gasteiger partial charge in [0.15, 0.2) is 0 Å². The minimum absolute atomic E-state index is 0.468. The van der Waals surface area contributed by atoms with E-state index in [1.807, 2.05) is 0 Å². The SMILES string of the molecule is CC1CC(C)(C)CCC1NC1CCC(N)CC1. The number of rotatable bonds is 2. The minimum Gasteiger partial charge on any atom is -0.328 e. The first-order chi connectivity index (χ1) is 7.96. The molecule has 2 atom stereocenters. The summed E-state index contributed by atoms with van der Waals surface area (Å²) in [4.78, 5) is 0. The van der Waals surface area contributed by atoms with Gasteiger partial charge in [-0.1, -0.05) is 20.8 Å². The third-order valence-electron chi connectivity index (χ3n) is 4.92. The van der Waals surface area contributed by atoms with Crippen LogP contribution in [-0.2, 0) is 0 Å². The third-order valence-corrected chi connectivity index (χ3v) is 4.92. The van der Waals surface area contributed by atoms with Gasteiger partial charge in [0.25, 0.3) is 0 Å². The third kappa shape index (κ3) is 3.69. The summed E-state index contributed by atoms with van der Waals surface area (Å²) < 4.78 is 0. The maximum absolute atomic E-state index is 5.97. The Labute approximate surface area is 107 Å². The maximum atomic E-state index is 5.97. The number of nitrogens with two attached hydrogens (primary N) is 1. The van der Waals surface area contributed by atoms with E-state index in [9.17, 15) is 0 Å². The molecule has 2 fully saturated rings. The van der Waals surface area contributed by atoms with Crippen LogP contribution in [0.4, 0.5) is 0 Å². The van der Waals surface area contributed by atoms with Crippen LogP contribution in [0.15, 0.2) is 0 Å². The van der Waals surface area contributed by atoms with Crippen LogP contribution in [-0.4, -0.2) is 18.1 Å². The Morgan fingerprint density at radius 3 is 2.29 bits per heavy atom. The molecule has 0 amide bonds. The quantitative estimate of drug-likeness (QED) is 0.776. The van der Waals surface area contributed by atoms with E-state index in [4.69, 9.17) is 5.73 Å². The van der Waals surface area contributed by atoms with Crippen molar-refractivity contribution in [3.63, 3.8) is 0 Å². The molecule has 2 nitrogen and oxygen atoms in total. The minimum atomic E-state index is 0.468. The molecule has 3 N–H and O–H groups in total.